The number of aliphatic imine (C=N–C) groups is 1. The van der Waals surface area contributed by atoms with Gasteiger partial charge in [0.05, 0.1) is 12.7 Å². The molecule has 8 heteroatoms. The lowest BCUT2D eigenvalue weighted by atomic mass is 9.58. The number of aryl methyl sites for hydroxylation is 1. The van der Waals surface area contributed by atoms with Crippen molar-refractivity contribution in [2.45, 2.75) is 65.6 Å². The molecule has 1 fully saturated rings. The Bertz CT molecular complexity index is 611. The van der Waals surface area contributed by atoms with Crippen LogP contribution in [0.15, 0.2) is 4.99 Å². The van der Waals surface area contributed by atoms with Gasteiger partial charge in [0.1, 0.15) is 12.4 Å². The van der Waals surface area contributed by atoms with Gasteiger partial charge in [0.2, 0.25) is 0 Å². The van der Waals surface area contributed by atoms with Gasteiger partial charge in [-0.15, -0.1) is 10.2 Å². The normalized spacial score (nSPS) is 21.8. The van der Waals surface area contributed by atoms with E-state index < -0.39 is 0 Å². The molecule has 1 aromatic rings. The fourth-order valence-electron chi connectivity index (χ4n) is 3.91. The predicted molar refractivity (Wildman–Crippen MR) is 107 cm³/mol. The van der Waals surface area contributed by atoms with E-state index in [0.717, 1.165) is 43.5 Å². The highest BCUT2D eigenvalue weighted by Crippen LogP contribution is 2.48. The Morgan fingerprint density at radius 1 is 1.30 bits per heavy atom. The van der Waals surface area contributed by atoms with Crippen molar-refractivity contribution in [1.29, 1.82) is 0 Å². The van der Waals surface area contributed by atoms with E-state index in [-0.39, 0.29) is 5.41 Å². The number of rotatable bonds is 10. The highest BCUT2D eigenvalue weighted by Gasteiger charge is 2.53. The van der Waals surface area contributed by atoms with Crippen molar-refractivity contribution in [3.8, 4) is 0 Å². The standard InChI is InChI=1S/C19H36N6O2/c1-7-19(8-2)15(12-16(19)27-9-3)22-18(20-10-11-26-6)21-13-17-24-23-14(4)25(17)5/h15-16H,7-13H2,1-6H3,(H2,20,21,22). The Balaban J connectivity index is 2.09. The van der Waals surface area contributed by atoms with Crippen LogP contribution in [0.4, 0.5) is 0 Å². The van der Waals surface area contributed by atoms with E-state index in [4.69, 9.17) is 14.5 Å². The summed E-state index contributed by atoms with van der Waals surface area (Å²) in [4.78, 5) is 4.74. The first-order valence-electron chi connectivity index (χ1n) is 10.0. The molecule has 0 aromatic carbocycles. The molecule has 1 saturated carbocycles. The van der Waals surface area contributed by atoms with Gasteiger partial charge >= 0.3 is 0 Å². The fourth-order valence-corrected chi connectivity index (χ4v) is 3.91. The van der Waals surface area contributed by atoms with Gasteiger partial charge < -0.3 is 24.7 Å². The molecule has 0 spiro atoms. The summed E-state index contributed by atoms with van der Waals surface area (Å²) in [5.41, 5.74) is 0.154. The molecule has 2 N–H and O–H groups in total. The zero-order valence-corrected chi connectivity index (χ0v) is 17.7. The van der Waals surface area contributed by atoms with E-state index in [1.807, 2.05) is 18.5 Å². The molecule has 0 saturated heterocycles. The van der Waals surface area contributed by atoms with Crippen LogP contribution in [0, 0.1) is 12.3 Å². The first kappa shape index (κ1) is 21.6. The van der Waals surface area contributed by atoms with E-state index in [9.17, 15) is 0 Å². The monoisotopic (exact) mass is 380 g/mol. The van der Waals surface area contributed by atoms with Crippen LogP contribution < -0.4 is 10.6 Å². The number of ether oxygens (including phenoxy) is 2. The molecule has 27 heavy (non-hydrogen) atoms. The van der Waals surface area contributed by atoms with Crippen LogP contribution in [0.5, 0.6) is 0 Å². The number of hydrogen-bond donors (Lipinski definition) is 2. The van der Waals surface area contributed by atoms with Crippen molar-refractivity contribution in [3.63, 3.8) is 0 Å². The minimum Gasteiger partial charge on any atom is -0.383 e. The van der Waals surface area contributed by atoms with Crippen LogP contribution in [0.25, 0.3) is 0 Å². The summed E-state index contributed by atoms with van der Waals surface area (Å²) in [6.07, 6.45) is 3.49. The zero-order chi connectivity index (χ0) is 19.9. The summed E-state index contributed by atoms with van der Waals surface area (Å²) in [7, 11) is 3.66. The topological polar surface area (TPSA) is 85.6 Å². The molecular formula is C19H36N6O2. The maximum Gasteiger partial charge on any atom is 0.192 e. The number of guanidine groups is 1. The van der Waals surface area contributed by atoms with Crippen molar-refractivity contribution >= 4 is 5.96 Å². The van der Waals surface area contributed by atoms with Crippen molar-refractivity contribution in [2.75, 3.05) is 26.9 Å². The molecule has 0 radical (unpaired) electrons. The predicted octanol–water partition coefficient (Wildman–Crippen LogP) is 1.79. The molecule has 0 amide bonds. The van der Waals surface area contributed by atoms with Crippen molar-refractivity contribution in [1.82, 2.24) is 25.4 Å². The van der Waals surface area contributed by atoms with Gasteiger partial charge in [0.25, 0.3) is 0 Å². The maximum atomic E-state index is 5.99. The van der Waals surface area contributed by atoms with E-state index in [0.29, 0.717) is 31.8 Å². The zero-order valence-electron chi connectivity index (χ0n) is 17.7. The van der Waals surface area contributed by atoms with E-state index in [1.165, 1.54) is 0 Å². The second-order valence-corrected chi connectivity index (χ2v) is 7.12. The molecule has 2 unspecified atom stereocenters. The largest absolute Gasteiger partial charge is 0.383 e. The van der Waals surface area contributed by atoms with E-state index in [2.05, 4.69) is 41.6 Å². The van der Waals surface area contributed by atoms with Gasteiger partial charge in [-0.25, -0.2) is 4.99 Å². The van der Waals surface area contributed by atoms with Gasteiger partial charge in [-0.05, 0) is 33.1 Å². The Labute approximate surface area is 163 Å². The van der Waals surface area contributed by atoms with Gasteiger partial charge in [-0.1, -0.05) is 13.8 Å². The molecule has 8 nitrogen and oxygen atoms in total. The van der Waals surface area contributed by atoms with Gasteiger partial charge in [-0.3, -0.25) is 0 Å². The average Bonchev–Trinajstić information content (AvgIpc) is 2.98. The number of nitrogens with one attached hydrogen (secondary N) is 2. The van der Waals surface area contributed by atoms with Crippen LogP contribution in [-0.2, 0) is 23.1 Å². The van der Waals surface area contributed by atoms with Gasteiger partial charge in [0, 0.05) is 38.8 Å². The summed E-state index contributed by atoms with van der Waals surface area (Å²) in [5.74, 6) is 2.52. The Kier molecular flexibility index (Phi) is 8.04. The van der Waals surface area contributed by atoms with Gasteiger partial charge in [0.15, 0.2) is 11.8 Å². The quantitative estimate of drug-likeness (QED) is 0.366. The fraction of sp³-hybridized carbons (Fsp3) is 0.842. The molecule has 2 rings (SSSR count). The molecule has 1 aliphatic rings. The third-order valence-electron chi connectivity index (χ3n) is 5.94. The second kappa shape index (κ2) is 10.0. The van der Waals surface area contributed by atoms with Crippen LogP contribution in [0.2, 0.25) is 0 Å². The average molecular weight is 381 g/mol. The minimum atomic E-state index is 0.154. The first-order valence-corrected chi connectivity index (χ1v) is 10.0. The highest BCUT2D eigenvalue weighted by atomic mass is 16.5. The van der Waals surface area contributed by atoms with Crippen LogP contribution in [0.3, 0.4) is 0 Å². The Morgan fingerprint density at radius 2 is 2.04 bits per heavy atom. The first-order chi connectivity index (χ1) is 13.0. The molecule has 1 heterocycles. The Morgan fingerprint density at radius 3 is 2.59 bits per heavy atom. The molecule has 0 aliphatic heterocycles. The number of methoxy groups -OCH3 is 1. The SMILES string of the molecule is CCOC1CC(NC(=NCc2nnc(C)n2C)NCCOC)C1(CC)CC. The smallest absolute Gasteiger partial charge is 0.192 e. The molecule has 0 bridgehead atoms. The number of hydrogen-bond acceptors (Lipinski definition) is 5. The summed E-state index contributed by atoms with van der Waals surface area (Å²) in [5, 5.41) is 15.3. The van der Waals surface area contributed by atoms with Crippen molar-refractivity contribution < 1.29 is 9.47 Å². The lowest BCUT2D eigenvalue weighted by Crippen LogP contribution is -2.65. The molecule has 2 atom stereocenters. The summed E-state index contributed by atoms with van der Waals surface area (Å²) >= 11 is 0. The second-order valence-electron chi connectivity index (χ2n) is 7.12. The minimum absolute atomic E-state index is 0.154. The van der Waals surface area contributed by atoms with E-state index >= 15 is 0 Å². The number of aromatic nitrogens is 3. The molecule has 1 aromatic heterocycles. The van der Waals surface area contributed by atoms with E-state index in [1.54, 1.807) is 7.11 Å². The third-order valence-corrected chi connectivity index (χ3v) is 5.94. The van der Waals surface area contributed by atoms with Crippen LogP contribution >= 0.6 is 0 Å². The lowest BCUT2D eigenvalue weighted by molar-refractivity contribution is -0.133. The van der Waals surface area contributed by atoms with Crippen LogP contribution in [0.1, 0.15) is 51.7 Å². The summed E-state index contributed by atoms with van der Waals surface area (Å²) < 4.78 is 13.1. The maximum absolute atomic E-state index is 5.99. The molecular weight excluding hydrogens is 344 g/mol. The van der Waals surface area contributed by atoms with Crippen LogP contribution in [-0.4, -0.2) is 59.7 Å². The summed E-state index contributed by atoms with van der Waals surface area (Å²) in [6.45, 7) is 11.1. The van der Waals surface area contributed by atoms with Crippen molar-refractivity contribution in [2.24, 2.45) is 17.5 Å². The van der Waals surface area contributed by atoms with Gasteiger partial charge in [-0.2, -0.15) is 0 Å². The molecule has 1 aliphatic carbocycles. The van der Waals surface area contributed by atoms with Crippen molar-refractivity contribution in [3.05, 3.63) is 11.6 Å². The highest BCUT2D eigenvalue weighted by molar-refractivity contribution is 5.80. The lowest BCUT2D eigenvalue weighted by Gasteiger charge is -2.55. The third kappa shape index (κ3) is 4.79. The summed E-state index contributed by atoms with van der Waals surface area (Å²) in [6, 6.07) is 0.346. The molecule has 154 valence electrons. The number of nitrogens with zero attached hydrogens (tertiary/aromatic N) is 4. The Hall–Kier alpha value is -1.67.